The summed E-state index contributed by atoms with van der Waals surface area (Å²) >= 11 is 1.35. The summed E-state index contributed by atoms with van der Waals surface area (Å²) in [5.41, 5.74) is 1.72. The highest BCUT2D eigenvalue weighted by Gasteiger charge is 2.17. The number of carbonyl (C=O) groups is 2. The van der Waals surface area contributed by atoms with E-state index in [-0.39, 0.29) is 11.8 Å². The fraction of sp³-hybridized carbons (Fsp3) is 0.368. The van der Waals surface area contributed by atoms with Gasteiger partial charge in [0, 0.05) is 30.6 Å². The fourth-order valence-electron chi connectivity index (χ4n) is 2.72. The first-order valence-electron chi connectivity index (χ1n) is 8.71. The molecular formula is C19H23N3O3S. The Morgan fingerprint density at radius 2 is 1.81 bits per heavy atom. The van der Waals surface area contributed by atoms with E-state index >= 15 is 0 Å². The van der Waals surface area contributed by atoms with Gasteiger partial charge in [0.05, 0.1) is 4.88 Å². The van der Waals surface area contributed by atoms with Crippen LogP contribution in [-0.2, 0) is 9.53 Å². The summed E-state index contributed by atoms with van der Waals surface area (Å²) in [6.45, 7) is 3.25. The van der Waals surface area contributed by atoms with E-state index < -0.39 is 6.04 Å². The lowest BCUT2D eigenvalue weighted by Gasteiger charge is -2.24. The lowest BCUT2D eigenvalue weighted by molar-refractivity contribution is -0.117. The van der Waals surface area contributed by atoms with Crippen molar-refractivity contribution in [3.63, 3.8) is 0 Å². The van der Waals surface area contributed by atoms with Gasteiger partial charge in [-0.15, -0.1) is 11.3 Å². The zero-order chi connectivity index (χ0) is 18.4. The number of rotatable bonds is 6. The average Bonchev–Trinajstić information content (AvgIpc) is 3.19. The standard InChI is InChI=1S/C19H23N3O3S/c1-13(20-19(24)17-3-2-12-26-17)18(23)22-15-6-4-14(5-7-15)21-16-8-10-25-11-9-16/h2-7,12-13,16,21H,8-11H2,1H3,(H,20,24)(H,22,23)/t13-/m1/s1. The zero-order valence-electron chi connectivity index (χ0n) is 14.7. The second-order valence-corrected chi connectivity index (χ2v) is 7.22. The lowest BCUT2D eigenvalue weighted by Crippen LogP contribution is -2.41. The van der Waals surface area contributed by atoms with Crippen LogP contribution in [-0.4, -0.2) is 37.1 Å². The third-order valence-electron chi connectivity index (χ3n) is 4.23. The normalized spacial score (nSPS) is 15.9. The van der Waals surface area contributed by atoms with E-state index in [0.29, 0.717) is 16.6 Å². The van der Waals surface area contributed by atoms with E-state index in [0.717, 1.165) is 31.7 Å². The molecule has 1 saturated heterocycles. The van der Waals surface area contributed by atoms with Crippen molar-refractivity contribution in [1.82, 2.24) is 5.32 Å². The molecular weight excluding hydrogens is 350 g/mol. The molecule has 2 amide bonds. The Morgan fingerprint density at radius 3 is 2.46 bits per heavy atom. The molecule has 0 spiro atoms. The summed E-state index contributed by atoms with van der Waals surface area (Å²) in [6, 6.07) is 10.9. The predicted octanol–water partition coefficient (Wildman–Crippen LogP) is 3.10. The molecule has 1 atom stereocenters. The molecule has 1 aliphatic heterocycles. The van der Waals surface area contributed by atoms with Crippen LogP contribution in [0.15, 0.2) is 41.8 Å². The van der Waals surface area contributed by atoms with E-state index in [4.69, 9.17) is 4.74 Å². The summed E-state index contributed by atoms with van der Waals surface area (Å²) in [5.74, 6) is -0.487. The van der Waals surface area contributed by atoms with E-state index in [1.54, 1.807) is 19.1 Å². The first-order chi connectivity index (χ1) is 12.6. The molecule has 1 aliphatic rings. The average molecular weight is 373 g/mol. The smallest absolute Gasteiger partial charge is 0.261 e. The molecule has 6 nitrogen and oxygen atoms in total. The Morgan fingerprint density at radius 1 is 1.12 bits per heavy atom. The fourth-order valence-corrected chi connectivity index (χ4v) is 3.35. The third-order valence-corrected chi connectivity index (χ3v) is 5.10. The second-order valence-electron chi connectivity index (χ2n) is 6.27. The van der Waals surface area contributed by atoms with Gasteiger partial charge < -0.3 is 20.7 Å². The molecule has 3 rings (SSSR count). The Balaban J connectivity index is 1.49. The van der Waals surface area contributed by atoms with Gasteiger partial charge in [0.15, 0.2) is 0 Å². The largest absolute Gasteiger partial charge is 0.382 e. The number of hydrogen-bond acceptors (Lipinski definition) is 5. The monoisotopic (exact) mass is 373 g/mol. The summed E-state index contributed by atoms with van der Waals surface area (Å²) < 4.78 is 5.36. The predicted molar refractivity (Wildman–Crippen MR) is 104 cm³/mol. The molecule has 0 aliphatic carbocycles. The van der Waals surface area contributed by atoms with Gasteiger partial charge >= 0.3 is 0 Å². The van der Waals surface area contributed by atoms with E-state index in [1.165, 1.54) is 11.3 Å². The number of ether oxygens (including phenoxy) is 1. The number of carbonyl (C=O) groups excluding carboxylic acids is 2. The summed E-state index contributed by atoms with van der Waals surface area (Å²) in [5, 5.41) is 10.8. The number of hydrogen-bond donors (Lipinski definition) is 3. The second kappa shape index (κ2) is 8.82. The van der Waals surface area contributed by atoms with Gasteiger partial charge in [-0.2, -0.15) is 0 Å². The van der Waals surface area contributed by atoms with Gasteiger partial charge in [-0.25, -0.2) is 0 Å². The molecule has 1 fully saturated rings. The van der Waals surface area contributed by atoms with E-state index in [9.17, 15) is 9.59 Å². The number of nitrogens with one attached hydrogen (secondary N) is 3. The molecule has 0 bridgehead atoms. The van der Waals surface area contributed by atoms with Gasteiger partial charge in [-0.3, -0.25) is 9.59 Å². The molecule has 0 radical (unpaired) electrons. The van der Waals surface area contributed by atoms with Crippen LogP contribution in [0.4, 0.5) is 11.4 Å². The minimum atomic E-state index is -0.621. The van der Waals surface area contributed by atoms with Crippen LogP contribution >= 0.6 is 11.3 Å². The molecule has 1 aromatic heterocycles. The van der Waals surface area contributed by atoms with Crippen molar-refractivity contribution in [3.8, 4) is 0 Å². The summed E-state index contributed by atoms with van der Waals surface area (Å²) in [7, 11) is 0. The third kappa shape index (κ3) is 5.06. The Bertz CT molecular complexity index is 725. The number of anilines is 2. The van der Waals surface area contributed by atoms with Crippen molar-refractivity contribution in [3.05, 3.63) is 46.7 Å². The molecule has 0 saturated carbocycles. The zero-order valence-corrected chi connectivity index (χ0v) is 15.5. The topological polar surface area (TPSA) is 79.5 Å². The van der Waals surface area contributed by atoms with Gasteiger partial charge in [0.25, 0.3) is 5.91 Å². The van der Waals surface area contributed by atoms with Crippen LogP contribution < -0.4 is 16.0 Å². The van der Waals surface area contributed by atoms with Crippen molar-refractivity contribution in [2.45, 2.75) is 31.8 Å². The first kappa shape index (κ1) is 18.4. The van der Waals surface area contributed by atoms with Crippen molar-refractivity contribution < 1.29 is 14.3 Å². The van der Waals surface area contributed by atoms with Crippen LogP contribution in [0.3, 0.4) is 0 Å². The van der Waals surface area contributed by atoms with Crippen LogP contribution in [0.1, 0.15) is 29.4 Å². The quantitative estimate of drug-likeness (QED) is 0.727. The van der Waals surface area contributed by atoms with Crippen molar-refractivity contribution in [2.24, 2.45) is 0 Å². The molecule has 3 N–H and O–H groups in total. The summed E-state index contributed by atoms with van der Waals surface area (Å²) in [4.78, 5) is 24.9. The van der Waals surface area contributed by atoms with Gasteiger partial charge in [-0.1, -0.05) is 6.07 Å². The lowest BCUT2D eigenvalue weighted by atomic mass is 10.1. The first-order valence-corrected chi connectivity index (χ1v) is 9.59. The Kier molecular flexibility index (Phi) is 6.25. The van der Waals surface area contributed by atoms with Gasteiger partial charge in [0.1, 0.15) is 6.04 Å². The molecule has 2 aromatic rings. The van der Waals surface area contributed by atoms with Crippen LogP contribution in [0.2, 0.25) is 0 Å². The van der Waals surface area contributed by atoms with E-state index in [1.807, 2.05) is 29.6 Å². The minimum Gasteiger partial charge on any atom is -0.382 e. The Hall–Kier alpha value is -2.38. The molecule has 2 heterocycles. The van der Waals surface area contributed by atoms with Crippen LogP contribution in [0, 0.1) is 0 Å². The molecule has 7 heteroatoms. The highest BCUT2D eigenvalue weighted by molar-refractivity contribution is 7.12. The Labute approximate surface area is 156 Å². The molecule has 0 unspecified atom stereocenters. The van der Waals surface area contributed by atoms with Crippen LogP contribution in [0.25, 0.3) is 0 Å². The highest BCUT2D eigenvalue weighted by atomic mass is 32.1. The molecule has 138 valence electrons. The summed E-state index contributed by atoms with van der Waals surface area (Å²) in [6.07, 6.45) is 2.00. The number of thiophene rings is 1. The maximum Gasteiger partial charge on any atom is 0.261 e. The van der Waals surface area contributed by atoms with E-state index in [2.05, 4.69) is 16.0 Å². The number of amides is 2. The maximum atomic E-state index is 12.3. The minimum absolute atomic E-state index is 0.237. The molecule has 26 heavy (non-hydrogen) atoms. The number of benzene rings is 1. The SMILES string of the molecule is C[C@@H](NC(=O)c1cccs1)C(=O)Nc1ccc(NC2CCOCC2)cc1. The van der Waals surface area contributed by atoms with Crippen molar-refractivity contribution in [2.75, 3.05) is 23.8 Å². The molecule has 1 aromatic carbocycles. The maximum absolute atomic E-state index is 12.3. The highest BCUT2D eigenvalue weighted by Crippen LogP contribution is 2.18. The van der Waals surface area contributed by atoms with Gasteiger partial charge in [-0.05, 0) is 55.5 Å². The van der Waals surface area contributed by atoms with Crippen molar-refractivity contribution >= 4 is 34.5 Å². The van der Waals surface area contributed by atoms with Crippen molar-refractivity contribution in [1.29, 1.82) is 0 Å². The van der Waals surface area contributed by atoms with Gasteiger partial charge in [0.2, 0.25) is 5.91 Å². The van der Waals surface area contributed by atoms with Crippen LogP contribution in [0.5, 0.6) is 0 Å².